The maximum Gasteiger partial charge on any atom is 0.325 e. The van der Waals surface area contributed by atoms with Crippen molar-refractivity contribution in [3.05, 3.63) is 71.8 Å². The Morgan fingerprint density at radius 3 is 2.58 bits per heavy atom. The second-order valence-corrected chi connectivity index (χ2v) is 9.55. The lowest BCUT2D eigenvalue weighted by atomic mass is 9.74. The first-order chi connectivity index (χ1) is 17.5. The van der Waals surface area contributed by atoms with Crippen LogP contribution in [0.4, 0.5) is 9.18 Å². The Morgan fingerprint density at radius 1 is 1.08 bits per heavy atom. The average Bonchev–Trinajstić information content (AvgIpc) is 3.14. The molecule has 8 nitrogen and oxygen atoms in total. The summed E-state index contributed by atoms with van der Waals surface area (Å²) in [5.74, 6) is -0.602. The summed E-state index contributed by atoms with van der Waals surface area (Å²) in [6.45, 7) is 2.79. The molecule has 0 spiro atoms. The van der Waals surface area contributed by atoms with Crippen LogP contribution in [0.15, 0.2) is 54.9 Å². The van der Waals surface area contributed by atoms with Gasteiger partial charge < -0.3 is 10.1 Å². The molecular weight excluding hydrogens is 461 g/mol. The fourth-order valence-corrected chi connectivity index (χ4v) is 5.50. The van der Waals surface area contributed by atoms with E-state index in [1.165, 1.54) is 17.0 Å². The quantitative estimate of drug-likeness (QED) is 0.487. The minimum Gasteiger partial charge on any atom is -0.383 e. The van der Waals surface area contributed by atoms with Crippen molar-refractivity contribution in [1.29, 1.82) is 0 Å². The van der Waals surface area contributed by atoms with Crippen LogP contribution in [-0.4, -0.2) is 70.6 Å². The van der Waals surface area contributed by atoms with Crippen LogP contribution in [0, 0.1) is 11.7 Å². The first kappa shape index (κ1) is 24.3. The molecule has 2 aliphatic heterocycles. The summed E-state index contributed by atoms with van der Waals surface area (Å²) in [6, 6.07) is 11.8. The van der Waals surface area contributed by atoms with Gasteiger partial charge in [0.15, 0.2) is 0 Å². The number of urea groups is 1. The minimum absolute atomic E-state index is 0.0462. The topological polar surface area (TPSA) is 87.7 Å². The molecule has 3 heterocycles. The number of piperidine rings is 1. The van der Waals surface area contributed by atoms with Crippen molar-refractivity contribution in [3.63, 3.8) is 0 Å². The van der Waals surface area contributed by atoms with Gasteiger partial charge in [-0.15, -0.1) is 0 Å². The fourth-order valence-electron chi connectivity index (χ4n) is 5.50. The molecule has 1 N–H and O–H groups in total. The van der Waals surface area contributed by atoms with Crippen LogP contribution in [0.3, 0.4) is 0 Å². The largest absolute Gasteiger partial charge is 0.383 e. The van der Waals surface area contributed by atoms with Crippen molar-refractivity contribution in [2.45, 2.75) is 31.3 Å². The van der Waals surface area contributed by atoms with Crippen LogP contribution >= 0.6 is 0 Å². The van der Waals surface area contributed by atoms with E-state index in [1.54, 1.807) is 31.6 Å². The smallest absolute Gasteiger partial charge is 0.325 e. The summed E-state index contributed by atoms with van der Waals surface area (Å²) in [5, 5.41) is 3.05. The van der Waals surface area contributed by atoms with Gasteiger partial charge in [0.1, 0.15) is 11.4 Å². The predicted octanol–water partition coefficient (Wildman–Crippen LogP) is 3.16. The standard InChI is InChI=1S/C27H30FN5O3/c1-36-16-15-33-25(34)27(31-26(33)35,17-19-5-7-22(28)8-6-19)21-9-13-32(14-10-21)18-20-3-2-4-23-24(20)30-12-11-29-23/h2-8,11-12,21H,9-10,13-18H2,1H3,(H,31,35)/t27-/m0/s1. The lowest BCUT2D eigenvalue weighted by Crippen LogP contribution is -2.57. The second-order valence-electron chi connectivity index (χ2n) is 9.55. The Labute approximate surface area is 209 Å². The van der Waals surface area contributed by atoms with Crippen LogP contribution in [0.2, 0.25) is 0 Å². The third kappa shape index (κ3) is 4.68. The Kier molecular flexibility index (Phi) is 6.93. The first-order valence-corrected chi connectivity index (χ1v) is 12.3. The highest BCUT2D eigenvalue weighted by Gasteiger charge is 2.55. The van der Waals surface area contributed by atoms with Crippen LogP contribution in [-0.2, 0) is 22.5 Å². The number of imide groups is 1. The van der Waals surface area contributed by atoms with Gasteiger partial charge in [0.2, 0.25) is 0 Å². The lowest BCUT2D eigenvalue weighted by molar-refractivity contribution is -0.134. The van der Waals surface area contributed by atoms with Crippen molar-refractivity contribution in [3.8, 4) is 0 Å². The molecule has 188 valence electrons. The van der Waals surface area contributed by atoms with E-state index in [4.69, 9.17) is 4.74 Å². The Balaban J connectivity index is 1.35. The van der Waals surface area contributed by atoms with Crippen molar-refractivity contribution < 1.29 is 18.7 Å². The molecule has 3 amide bonds. The molecule has 5 rings (SSSR count). The molecule has 2 fully saturated rings. The normalized spacial score (nSPS) is 21.3. The highest BCUT2D eigenvalue weighted by Crippen LogP contribution is 2.37. The number of likely N-dealkylation sites (tertiary alicyclic amines) is 1. The number of carbonyl (C=O) groups is 2. The number of nitrogens with one attached hydrogen (secondary N) is 1. The highest BCUT2D eigenvalue weighted by atomic mass is 19.1. The molecular formula is C27H30FN5O3. The van der Waals surface area contributed by atoms with Crippen LogP contribution < -0.4 is 5.32 Å². The van der Waals surface area contributed by atoms with Gasteiger partial charge in [0.25, 0.3) is 5.91 Å². The van der Waals surface area contributed by atoms with Crippen molar-refractivity contribution in [2.24, 2.45) is 5.92 Å². The van der Waals surface area contributed by atoms with E-state index < -0.39 is 11.6 Å². The number of benzene rings is 2. The number of ether oxygens (including phenoxy) is 1. The van der Waals surface area contributed by atoms with E-state index in [2.05, 4.69) is 26.3 Å². The number of nitrogens with zero attached hydrogens (tertiary/aromatic N) is 4. The van der Waals surface area contributed by atoms with Crippen LogP contribution in [0.5, 0.6) is 0 Å². The fraction of sp³-hybridized carbons (Fsp3) is 0.407. The van der Waals surface area contributed by atoms with E-state index in [0.717, 1.165) is 54.6 Å². The average molecular weight is 492 g/mol. The first-order valence-electron chi connectivity index (χ1n) is 12.3. The SMILES string of the molecule is COCCN1C(=O)N[C@@](Cc2ccc(F)cc2)(C2CCN(Cc3cccc4nccnc34)CC2)C1=O. The number of para-hydroxylation sites is 1. The van der Waals surface area contributed by atoms with E-state index in [9.17, 15) is 14.0 Å². The zero-order valence-corrected chi connectivity index (χ0v) is 20.3. The van der Waals surface area contributed by atoms with E-state index in [0.29, 0.717) is 6.42 Å². The predicted molar refractivity (Wildman–Crippen MR) is 132 cm³/mol. The number of fused-ring (bicyclic) bond motifs is 1. The molecule has 3 aromatic rings. The minimum atomic E-state index is -1.06. The molecule has 1 aromatic heterocycles. The lowest BCUT2D eigenvalue weighted by Gasteiger charge is -2.41. The monoisotopic (exact) mass is 491 g/mol. The van der Waals surface area contributed by atoms with Crippen molar-refractivity contribution in [2.75, 3.05) is 33.4 Å². The maximum absolute atomic E-state index is 13.7. The molecule has 0 bridgehead atoms. The van der Waals surface area contributed by atoms with Gasteiger partial charge in [-0.2, -0.15) is 0 Å². The van der Waals surface area contributed by atoms with Gasteiger partial charge in [0, 0.05) is 32.5 Å². The number of halogens is 1. The number of methoxy groups -OCH3 is 1. The molecule has 0 saturated carbocycles. The van der Waals surface area contributed by atoms with Gasteiger partial charge in [-0.1, -0.05) is 24.3 Å². The molecule has 1 atom stereocenters. The Hall–Kier alpha value is -3.43. The molecule has 9 heteroatoms. The number of aromatic nitrogens is 2. The zero-order valence-electron chi connectivity index (χ0n) is 20.3. The number of amides is 3. The number of carbonyl (C=O) groups excluding carboxylic acids is 2. The molecule has 2 aliphatic rings. The molecule has 0 aliphatic carbocycles. The van der Waals surface area contributed by atoms with Crippen molar-refractivity contribution >= 4 is 23.0 Å². The van der Waals surface area contributed by atoms with Gasteiger partial charge in [-0.25, -0.2) is 9.18 Å². The third-order valence-corrected chi connectivity index (χ3v) is 7.38. The number of hydrogen-bond donors (Lipinski definition) is 1. The van der Waals surface area contributed by atoms with E-state index >= 15 is 0 Å². The summed E-state index contributed by atoms with van der Waals surface area (Å²) >= 11 is 0. The van der Waals surface area contributed by atoms with Gasteiger partial charge in [0.05, 0.1) is 24.2 Å². The third-order valence-electron chi connectivity index (χ3n) is 7.38. The summed E-state index contributed by atoms with van der Waals surface area (Å²) < 4.78 is 18.7. The van der Waals surface area contributed by atoms with Gasteiger partial charge >= 0.3 is 6.03 Å². The highest BCUT2D eigenvalue weighted by molar-refractivity contribution is 6.07. The van der Waals surface area contributed by atoms with Crippen molar-refractivity contribution in [1.82, 2.24) is 25.1 Å². The van der Waals surface area contributed by atoms with Gasteiger partial charge in [-0.05, 0) is 61.2 Å². The molecule has 2 aromatic carbocycles. The van der Waals surface area contributed by atoms with E-state index in [1.807, 2.05) is 12.1 Å². The second kappa shape index (κ2) is 10.3. The zero-order chi connectivity index (χ0) is 25.1. The van der Waals surface area contributed by atoms with Gasteiger partial charge in [-0.3, -0.25) is 24.6 Å². The molecule has 0 radical (unpaired) electrons. The van der Waals surface area contributed by atoms with E-state index in [-0.39, 0.29) is 30.8 Å². The molecule has 2 saturated heterocycles. The Morgan fingerprint density at radius 2 is 1.83 bits per heavy atom. The molecule has 36 heavy (non-hydrogen) atoms. The van der Waals surface area contributed by atoms with Crippen LogP contribution in [0.25, 0.3) is 11.0 Å². The Bertz CT molecular complexity index is 1240. The summed E-state index contributed by atoms with van der Waals surface area (Å²) in [5.41, 5.74) is 2.66. The summed E-state index contributed by atoms with van der Waals surface area (Å²) in [6.07, 6.45) is 5.23. The summed E-state index contributed by atoms with van der Waals surface area (Å²) in [4.78, 5) is 39.1. The summed E-state index contributed by atoms with van der Waals surface area (Å²) in [7, 11) is 1.54. The number of hydrogen-bond acceptors (Lipinski definition) is 6. The number of rotatable bonds is 8. The maximum atomic E-state index is 13.7. The molecule has 0 unspecified atom stereocenters. The van der Waals surface area contributed by atoms with Crippen LogP contribution in [0.1, 0.15) is 24.0 Å².